The molecule has 0 aromatic carbocycles. The molecule has 1 N–H and O–H groups in total. The van der Waals surface area contributed by atoms with Gasteiger partial charge in [-0.2, -0.15) is 5.10 Å². The summed E-state index contributed by atoms with van der Waals surface area (Å²) in [6, 6.07) is 1.57. The van der Waals surface area contributed by atoms with Gasteiger partial charge in [-0.3, -0.25) is 9.59 Å². The molecular formula is C13H17N3O2. The summed E-state index contributed by atoms with van der Waals surface area (Å²) in [5.74, 6) is 0.472. The topological polar surface area (TPSA) is 66.1 Å². The Labute approximate surface area is 105 Å². The van der Waals surface area contributed by atoms with E-state index < -0.39 is 0 Å². The maximum Gasteiger partial charge on any atom is 0.264 e. The standard InChI is InChI=1S/C13H17N3O2/c17-12-7-10-8-16(6-5-11(10)14-15-12)13(18)9-3-1-2-4-9/h7,9H,1-6,8H2,(H,15,17). The van der Waals surface area contributed by atoms with E-state index in [1.165, 1.54) is 12.8 Å². The van der Waals surface area contributed by atoms with Crippen molar-refractivity contribution in [2.45, 2.75) is 38.6 Å². The van der Waals surface area contributed by atoms with Crippen LogP contribution in [0, 0.1) is 5.92 Å². The lowest BCUT2D eigenvalue weighted by Crippen LogP contribution is -2.40. The van der Waals surface area contributed by atoms with Gasteiger partial charge >= 0.3 is 0 Å². The van der Waals surface area contributed by atoms with Crippen molar-refractivity contribution >= 4 is 5.91 Å². The molecule has 1 saturated carbocycles. The van der Waals surface area contributed by atoms with E-state index in [4.69, 9.17) is 0 Å². The molecule has 0 atom stereocenters. The van der Waals surface area contributed by atoms with Crippen LogP contribution in [0.1, 0.15) is 36.9 Å². The van der Waals surface area contributed by atoms with Crippen molar-refractivity contribution in [3.8, 4) is 0 Å². The zero-order chi connectivity index (χ0) is 12.5. The Hall–Kier alpha value is -1.65. The number of carbonyl (C=O) groups is 1. The molecule has 1 aromatic heterocycles. The zero-order valence-corrected chi connectivity index (χ0v) is 10.3. The number of aromatic amines is 1. The molecule has 1 aromatic rings. The fraction of sp³-hybridized carbons (Fsp3) is 0.615. The third kappa shape index (κ3) is 2.05. The number of fused-ring (bicyclic) bond motifs is 1. The van der Waals surface area contributed by atoms with Crippen molar-refractivity contribution in [1.29, 1.82) is 0 Å². The Morgan fingerprint density at radius 1 is 1.39 bits per heavy atom. The summed E-state index contributed by atoms with van der Waals surface area (Å²) in [6.07, 6.45) is 5.13. The highest BCUT2D eigenvalue weighted by Crippen LogP contribution is 2.28. The zero-order valence-electron chi connectivity index (χ0n) is 10.3. The molecule has 0 radical (unpaired) electrons. The van der Waals surface area contributed by atoms with Crippen molar-refractivity contribution in [1.82, 2.24) is 15.1 Å². The number of nitrogens with zero attached hydrogens (tertiary/aromatic N) is 2. The first-order valence-electron chi connectivity index (χ1n) is 6.60. The van der Waals surface area contributed by atoms with Gasteiger partial charge < -0.3 is 4.90 Å². The molecule has 3 rings (SSSR count). The third-order valence-electron chi connectivity index (χ3n) is 3.97. The molecule has 5 nitrogen and oxygen atoms in total. The van der Waals surface area contributed by atoms with Gasteiger partial charge in [-0.1, -0.05) is 12.8 Å². The highest BCUT2D eigenvalue weighted by molar-refractivity contribution is 5.79. The smallest absolute Gasteiger partial charge is 0.264 e. The average Bonchev–Trinajstić information content (AvgIpc) is 2.90. The first-order chi connectivity index (χ1) is 8.74. The number of amides is 1. The minimum Gasteiger partial charge on any atom is -0.338 e. The summed E-state index contributed by atoms with van der Waals surface area (Å²) < 4.78 is 0. The second-order valence-corrected chi connectivity index (χ2v) is 5.20. The van der Waals surface area contributed by atoms with Gasteiger partial charge in [-0.05, 0) is 12.8 Å². The molecular weight excluding hydrogens is 230 g/mol. The fourth-order valence-electron chi connectivity index (χ4n) is 2.97. The normalized spacial score (nSPS) is 19.9. The second kappa shape index (κ2) is 4.55. The third-order valence-corrected chi connectivity index (χ3v) is 3.97. The maximum absolute atomic E-state index is 12.3. The lowest BCUT2D eigenvalue weighted by molar-refractivity contribution is -0.136. The molecule has 96 valence electrons. The minimum atomic E-state index is -0.191. The monoisotopic (exact) mass is 247 g/mol. The Morgan fingerprint density at radius 3 is 2.94 bits per heavy atom. The summed E-state index contributed by atoms with van der Waals surface area (Å²) >= 11 is 0. The van der Waals surface area contributed by atoms with Gasteiger partial charge in [0.15, 0.2) is 0 Å². The van der Waals surface area contributed by atoms with Gasteiger partial charge in [0.05, 0.1) is 5.69 Å². The maximum atomic E-state index is 12.3. The van der Waals surface area contributed by atoms with Crippen LogP contribution in [0.3, 0.4) is 0 Å². The van der Waals surface area contributed by atoms with Gasteiger partial charge in [0.2, 0.25) is 5.91 Å². The van der Waals surface area contributed by atoms with Gasteiger partial charge in [-0.25, -0.2) is 5.10 Å². The number of carbonyl (C=O) groups excluding carboxylic acids is 1. The molecule has 0 bridgehead atoms. The largest absolute Gasteiger partial charge is 0.338 e. The van der Waals surface area contributed by atoms with Crippen LogP contribution in [0.4, 0.5) is 0 Å². The Balaban J connectivity index is 1.77. The quantitative estimate of drug-likeness (QED) is 0.800. The molecule has 18 heavy (non-hydrogen) atoms. The van der Waals surface area contributed by atoms with Crippen molar-refractivity contribution in [3.05, 3.63) is 27.7 Å². The molecule has 5 heteroatoms. The predicted molar refractivity (Wildman–Crippen MR) is 65.9 cm³/mol. The number of rotatable bonds is 1. The van der Waals surface area contributed by atoms with E-state index in [2.05, 4.69) is 10.2 Å². The van der Waals surface area contributed by atoms with Gasteiger partial charge in [0.1, 0.15) is 0 Å². The summed E-state index contributed by atoms with van der Waals surface area (Å²) in [4.78, 5) is 25.5. The van der Waals surface area contributed by atoms with Crippen molar-refractivity contribution in [2.75, 3.05) is 6.54 Å². The van der Waals surface area contributed by atoms with Crippen molar-refractivity contribution in [2.24, 2.45) is 5.92 Å². The lowest BCUT2D eigenvalue weighted by Gasteiger charge is -2.29. The van der Waals surface area contributed by atoms with Gasteiger partial charge in [0.25, 0.3) is 5.56 Å². The minimum absolute atomic E-state index is 0.191. The first kappa shape index (κ1) is 11.4. The number of hydrogen-bond acceptors (Lipinski definition) is 3. The van der Waals surface area contributed by atoms with Crippen LogP contribution in [-0.2, 0) is 17.8 Å². The molecule has 0 unspecified atom stereocenters. The SMILES string of the molecule is O=C(C1CCCC1)N1CCc2n[nH]c(=O)cc2C1. The van der Waals surface area contributed by atoms with Gasteiger partial charge in [0, 0.05) is 37.1 Å². The lowest BCUT2D eigenvalue weighted by atomic mass is 10.0. The van der Waals surface area contributed by atoms with Crippen LogP contribution in [0.15, 0.2) is 10.9 Å². The summed E-state index contributed by atoms with van der Waals surface area (Å²) in [7, 11) is 0. The van der Waals surface area contributed by atoms with E-state index in [1.54, 1.807) is 6.07 Å². The number of hydrogen-bond donors (Lipinski definition) is 1. The average molecular weight is 247 g/mol. The number of nitrogens with one attached hydrogen (secondary N) is 1. The molecule has 0 saturated heterocycles. The second-order valence-electron chi connectivity index (χ2n) is 5.20. The molecule has 2 heterocycles. The van der Waals surface area contributed by atoms with Crippen LogP contribution < -0.4 is 5.56 Å². The molecule has 1 amide bonds. The van der Waals surface area contributed by atoms with Crippen molar-refractivity contribution < 1.29 is 4.79 Å². The Bertz CT molecular complexity index is 517. The van der Waals surface area contributed by atoms with E-state index in [0.29, 0.717) is 6.54 Å². The summed E-state index contributed by atoms with van der Waals surface area (Å²) in [5.41, 5.74) is 1.63. The van der Waals surface area contributed by atoms with E-state index in [9.17, 15) is 9.59 Å². The van der Waals surface area contributed by atoms with Crippen LogP contribution >= 0.6 is 0 Å². The molecule has 2 aliphatic rings. The Morgan fingerprint density at radius 2 is 2.17 bits per heavy atom. The fourth-order valence-corrected chi connectivity index (χ4v) is 2.97. The molecule has 1 aliphatic carbocycles. The molecule has 1 aliphatic heterocycles. The highest BCUT2D eigenvalue weighted by atomic mass is 16.2. The van der Waals surface area contributed by atoms with Crippen LogP contribution in [0.25, 0.3) is 0 Å². The molecule has 0 spiro atoms. The highest BCUT2D eigenvalue weighted by Gasteiger charge is 2.29. The van der Waals surface area contributed by atoms with Crippen LogP contribution in [0.2, 0.25) is 0 Å². The van der Waals surface area contributed by atoms with Crippen LogP contribution in [0.5, 0.6) is 0 Å². The molecule has 1 fully saturated rings. The van der Waals surface area contributed by atoms with E-state index in [1.807, 2.05) is 4.90 Å². The van der Waals surface area contributed by atoms with Crippen LogP contribution in [-0.4, -0.2) is 27.5 Å². The van der Waals surface area contributed by atoms with E-state index in [0.717, 1.165) is 37.1 Å². The predicted octanol–water partition coefficient (Wildman–Crippen LogP) is 0.845. The Kier molecular flexibility index (Phi) is 2.89. The van der Waals surface area contributed by atoms with Crippen molar-refractivity contribution in [3.63, 3.8) is 0 Å². The number of H-pyrrole nitrogens is 1. The summed E-state index contributed by atoms with van der Waals surface area (Å²) in [6.45, 7) is 1.27. The van der Waals surface area contributed by atoms with E-state index >= 15 is 0 Å². The summed E-state index contributed by atoms with van der Waals surface area (Å²) in [5, 5.41) is 6.48. The van der Waals surface area contributed by atoms with E-state index in [-0.39, 0.29) is 17.4 Å². The first-order valence-corrected chi connectivity index (χ1v) is 6.60. The van der Waals surface area contributed by atoms with Gasteiger partial charge in [-0.15, -0.1) is 0 Å². The number of aromatic nitrogens is 2.